The largest absolute Gasteiger partial charge is 0.459 e. The van der Waals surface area contributed by atoms with Crippen molar-refractivity contribution >= 4 is 23.8 Å². The first kappa shape index (κ1) is 32.1. The predicted octanol–water partition coefficient (Wildman–Crippen LogP) is 2.46. The number of hydrogen-bond donors (Lipinski definition) is 2. The summed E-state index contributed by atoms with van der Waals surface area (Å²) in [5, 5.41) is 11.9. The Hall–Kier alpha value is -3.28. The summed E-state index contributed by atoms with van der Waals surface area (Å²) in [5.41, 5.74) is 5.55. The molecule has 4 bridgehead atoms. The Morgan fingerprint density at radius 1 is 1.20 bits per heavy atom. The van der Waals surface area contributed by atoms with Gasteiger partial charge in [0, 0.05) is 48.7 Å². The molecule has 11 nitrogen and oxygen atoms in total. The summed E-state index contributed by atoms with van der Waals surface area (Å²) in [6, 6.07) is 0. The van der Waals surface area contributed by atoms with Crippen LogP contribution in [0.5, 0.6) is 0 Å². The van der Waals surface area contributed by atoms with Gasteiger partial charge in [0.25, 0.3) is 0 Å². The number of rotatable bonds is 8. The molecular weight excluding hydrogens is 570 g/mol. The van der Waals surface area contributed by atoms with Crippen molar-refractivity contribution in [2.75, 3.05) is 7.11 Å². The predicted molar refractivity (Wildman–Crippen MR) is 156 cm³/mol. The average Bonchev–Trinajstić information content (AvgIpc) is 3.58. The van der Waals surface area contributed by atoms with Gasteiger partial charge < -0.3 is 34.5 Å². The number of hydrogen-bond acceptors (Lipinski definition) is 10. The molecule has 3 N–H and O–H groups in total. The lowest BCUT2D eigenvalue weighted by atomic mass is 9.57. The molecule has 5 aliphatic rings. The van der Waals surface area contributed by atoms with E-state index in [0.717, 1.165) is 5.57 Å². The van der Waals surface area contributed by atoms with Gasteiger partial charge in [-0.2, -0.15) is 0 Å². The number of aliphatic hydroxyl groups is 1. The number of esters is 3. The van der Waals surface area contributed by atoms with Crippen LogP contribution in [0.15, 0.2) is 47.6 Å². The minimum absolute atomic E-state index is 0.152. The first-order chi connectivity index (χ1) is 20.9. The summed E-state index contributed by atoms with van der Waals surface area (Å²) in [6.45, 7) is 7.31. The fraction of sp³-hybridized carbons (Fsp3) is 0.636. The molecule has 44 heavy (non-hydrogen) atoms. The van der Waals surface area contributed by atoms with Gasteiger partial charge in [0.05, 0.1) is 12.5 Å². The van der Waals surface area contributed by atoms with Crippen LogP contribution in [0.3, 0.4) is 0 Å². The van der Waals surface area contributed by atoms with E-state index in [1.165, 1.54) is 7.11 Å². The maximum atomic E-state index is 13.5. The fourth-order valence-electron chi connectivity index (χ4n) is 7.84. The fourth-order valence-corrected chi connectivity index (χ4v) is 7.84. The maximum absolute atomic E-state index is 13.5. The number of primary amides is 1. The van der Waals surface area contributed by atoms with E-state index in [2.05, 4.69) is 0 Å². The normalized spacial score (nSPS) is 41.0. The number of methoxy groups -OCH3 is 1. The summed E-state index contributed by atoms with van der Waals surface area (Å²) >= 11 is 0. The highest BCUT2D eigenvalue weighted by molar-refractivity contribution is 5.90. The second-order valence-corrected chi connectivity index (χ2v) is 12.7. The smallest absolute Gasteiger partial charge is 0.335 e. The maximum Gasteiger partial charge on any atom is 0.335 e. The molecule has 2 aliphatic heterocycles. The highest BCUT2D eigenvalue weighted by Crippen LogP contribution is 2.61. The van der Waals surface area contributed by atoms with Crippen molar-refractivity contribution < 1.29 is 48.0 Å². The second kappa shape index (κ2) is 12.6. The molecule has 1 amide bonds. The second-order valence-electron chi connectivity index (χ2n) is 12.7. The minimum Gasteiger partial charge on any atom is -0.459 e. The van der Waals surface area contributed by atoms with Crippen LogP contribution in [0.25, 0.3) is 0 Å². The van der Waals surface area contributed by atoms with E-state index in [1.807, 2.05) is 51.2 Å². The molecule has 240 valence electrons. The molecule has 3 aliphatic carbocycles. The van der Waals surface area contributed by atoms with Crippen LogP contribution < -0.4 is 5.73 Å². The molecule has 12 atom stereocenters. The molecule has 2 heterocycles. The van der Waals surface area contributed by atoms with E-state index in [1.54, 1.807) is 13.0 Å². The highest BCUT2D eigenvalue weighted by atomic mass is 16.6. The summed E-state index contributed by atoms with van der Waals surface area (Å²) in [4.78, 5) is 50.1. The SMILES string of the molecule is CO[C@H]1CC2C=C[C@H]3[C@H]4O[C@]2(/C(C)=C/[C@@H](C)[C@@H]([C@@H](C)OC(=O)CCC(N)=O)OC1=O)[C@@H]3[C@H](O)[C@@H](C)[C@H]4OC(=O)C1=CC=CC1. The summed E-state index contributed by atoms with van der Waals surface area (Å²) in [6.07, 6.45) is 7.08. The van der Waals surface area contributed by atoms with Gasteiger partial charge in [0.1, 0.15) is 30.0 Å². The molecule has 0 radical (unpaired) electrons. The third kappa shape index (κ3) is 5.65. The molecule has 1 saturated carbocycles. The van der Waals surface area contributed by atoms with Crippen LogP contribution in [-0.4, -0.2) is 78.3 Å². The van der Waals surface area contributed by atoms with E-state index in [9.17, 15) is 24.3 Å². The number of allylic oxidation sites excluding steroid dienone is 3. The van der Waals surface area contributed by atoms with Crippen molar-refractivity contribution in [2.24, 2.45) is 35.3 Å². The van der Waals surface area contributed by atoms with Gasteiger partial charge in [-0.3, -0.25) is 9.59 Å². The molecule has 1 spiro atoms. The number of carbonyl (C=O) groups excluding carboxylic acids is 4. The Morgan fingerprint density at radius 3 is 2.61 bits per heavy atom. The van der Waals surface area contributed by atoms with Gasteiger partial charge in [-0.25, -0.2) is 9.59 Å². The quantitative estimate of drug-likeness (QED) is 0.236. The Bertz CT molecular complexity index is 1300. The molecule has 11 heteroatoms. The molecular formula is C33H43NO10. The molecule has 2 fully saturated rings. The Balaban J connectivity index is 1.49. The third-order valence-electron chi connectivity index (χ3n) is 10.0. The lowest BCUT2D eigenvalue weighted by Gasteiger charge is -2.49. The van der Waals surface area contributed by atoms with Crippen molar-refractivity contribution in [2.45, 2.75) is 95.6 Å². The lowest BCUT2D eigenvalue weighted by molar-refractivity contribution is -0.179. The zero-order valence-electron chi connectivity index (χ0n) is 25.8. The van der Waals surface area contributed by atoms with E-state index in [-0.39, 0.29) is 37.0 Å². The molecule has 5 rings (SSSR count). The van der Waals surface area contributed by atoms with Crippen LogP contribution in [0.1, 0.15) is 53.4 Å². The highest BCUT2D eigenvalue weighted by Gasteiger charge is 2.69. The van der Waals surface area contributed by atoms with E-state index in [0.29, 0.717) is 12.0 Å². The van der Waals surface area contributed by atoms with Gasteiger partial charge in [0.2, 0.25) is 5.91 Å². The van der Waals surface area contributed by atoms with Crippen molar-refractivity contribution in [1.82, 2.24) is 0 Å². The lowest BCUT2D eigenvalue weighted by Crippen LogP contribution is -2.57. The Labute approximate surface area is 257 Å². The first-order valence-corrected chi connectivity index (χ1v) is 15.4. The number of nitrogens with two attached hydrogens (primary N) is 1. The van der Waals surface area contributed by atoms with Crippen molar-refractivity contribution in [1.29, 1.82) is 0 Å². The first-order valence-electron chi connectivity index (χ1n) is 15.4. The molecule has 0 aromatic carbocycles. The number of carbonyl (C=O) groups is 4. The number of amides is 1. The Kier molecular flexibility index (Phi) is 9.21. The van der Waals surface area contributed by atoms with Crippen molar-refractivity contribution in [3.63, 3.8) is 0 Å². The zero-order chi connectivity index (χ0) is 31.9. The van der Waals surface area contributed by atoms with Crippen LogP contribution in [0.4, 0.5) is 0 Å². The molecule has 1 saturated heterocycles. The monoisotopic (exact) mass is 613 g/mol. The van der Waals surface area contributed by atoms with Crippen LogP contribution in [0.2, 0.25) is 0 Å². The topological polar surface area (TPSA) is 161 Å². The van der Waals surface area contributed by atoms with Gasteiger partial charge >= 0.3 is 17.9 Å². The standard InChI is InChI=1S/C33H43NO10/c1-16-14-17(2)33-21(15-23(40-5)32(39)42-28(16)19(4)41-25(36)13-12-24(34)35)10-11-22-26(33)27(37)18(3)29(30(22)44-33)43-31(38)20-8-6-7-9-20/h6-8,10-11,14,16,18-19,21-23,26-30,37H,9,12-13,15H2,1-5H3,(H2,34,35)/b17-14+/t16-,18-,19-,21?,22-,23+,26+,27-,28+,29-,30-,33+/m1/s1. The number of aliphatic hydroxyl groups excluding tert-OH is 1. The zero-order valence-corrected chi connectivity index (χ0v) is 25.8. The summed E-state index contributed by atoms with van der Waals surface area (Å²) < 4.78 is 30.2. The van der Waals surface area contributed by atoms with Gasteiger partial charge in [0.15, 0.2) is 6.10 Å². The van der Waals surface area contributed by atoms with E-state index in [4.69, 9.17) is 29.4 Å². The van der Waals surface area contributed by atoms with Gasteiger partial charge in [-0.15, -0.1) is 0 Å². The van der Waals surface area contributed by atoms with Gasteiger partial charge in [-0.1, -0.05) is 50.3 Å². The average molecular weight is 614 g/mol. The van der Waals surface area contributed by atoms with E-state index < -0.39 is 77.9 Å². The molecule has 0 aromatic rings. The van der Waals surface area contributed by atoms with Crippen molar-refractivity contribution in [3.05, 3.63) is 47.6 Å². The van der Waals surface area contributed by atoms with Crippen LogP contribution in [0, 0.1) is 29.6 Å². The van der Waals surface area contributed by atoms with Gasteiger partial charge in [-0.05, 0) is 32.3 Å². The third-order valence-corrected chi connectivity index (χ3v) is 10.0. The van der Waals surface area contributed by atoms with Crippen LogP contribution in [-0.2, 0) is 42.9 Å². The van der Waals surface area contributed by atoms with E-state index >= 15 is 0 Å². The van der Waals surface area contributed by atoms with Crippen LogP contribution >= 0.6 is 0 Å². The summed E-state index contributed by atoms with van der Waals surface area (Å²) in [7, 11) is 1.43. The molecule has 0 aromatic heterocycles. The number of ether oxygens (including phenoxy) is 5. The Morgan fingerprint density at radius 2 is 1.95 bits per heavy atom. The molecule has 1 unspecified atom stereocenters. The van der Waals surface area contributed by atoms with Crippen molar-refractivity contribution in [3.8, 4) is 0 Å². The summed E-state index contributed by atoms with van der Waals surface area (Å²) in [5.74, 6) is -4.06. The number of cyclic esters (lactones) is 1. The minimum atomic E-state index is -1.01.